The van der Waals surface area contributed by atoms with E-state index < -0.39 is 0 Å². The van der Waals surface area contributed by atoms with Gasteiger partial charge in [0, 0.05) is 22.3 Å². The zero-order valence-corrected chi connectivity index (χ0v) is 12.4. The van der Waals surface area contributed by atoms with E-state index in [0.29, 0.717) is 0 Å². The summed E-state index contributed by atoms with van der Waals surface area (Å²) in [6.07, 6.45) is 0. The summed E-state index contributed by atoms with van der Waals surface area (Å²) in [5.41, 5.74) is 1.99. The quantitative estimate of drug-likeness (QED) is 0.875. The number of anilines is 1. The van der Waals surface area contributed by atoms with Crippen LogP contribution in [0.4, 0.5) is 10.1 Å². The van der Waals surface area contributed by atoms with Crippen LogP contribution in [0.15, 0.2) is 46.9 Å². The van der Waals surface area contributed by atoms with Crippen molar-refractivity contribution >= 4 is 21.6 Å². The summed E-state index contributed by atoms with van der Waals surface area (Å²) in [6.45, 7) is 2.05. The molecular formula is C15H15BrFNO. The Morgan fingerprint density at radius 3 is 2.47 bits per heavy atom. The molecule has 0 aliphatic rings. The van der Waals surface area contributed by atoms with Crippen LogP contribution < -0.4 is 10.1 Å². The highest BCUT2D eigenvalue weighted by atomic mass is 79.9. The molecule has 0 aromatic heterocycles. The molecule has 2 rings (SSSR count). The molecule has 19 heavy (non-hydrogen) atoms. The topological polar surface area (TPSA) is 21.3 Å². The zero-order chi connectivity index (χ0) is 13.8. The van der Waals surface area contributed by atoms with E-state index in [1.54, 1.807) is 12.1 Å². The first kappa shape index (κ1) is 13.9. The lowest BCUT2D eigenvalue weighted by atomic mass is 10.1. The molecule has 0 spiro atoms. The maximum Gasteiger partial charge on any atom is 0.165 e. The molecule has 0 heterocycles. The molecule has 1 unspecified atom stereocenters. The molecule has 0 aliphatic heterocycles. The van der Waals surface area contributed by atoms with Crippen LogP contribution in [0.2, 0.25) is 0 Å². The third-order valence-electron chi connectivity index (χ3n) is 2.90. The van der Waals surface area contributed by atoms with Crippen LogP contribution in [0, 0.1) is 5.82 Å². The van der Waals surface area contributed by atoms with E-state index in [1.807, 2.05) is 24.3 Å². The van der Waals surface area contributed by atoms with Gasteiger partial charge in [-0.3, -0.25) is 0 Å². The number of ether oxygens (including phenoxy) is 1. The Kier molecular flexibility index (Phi) is 4.43. The second-order valence-corrected chi connectivity index (χ2v) is 5.18. The van der Waals surface area contributed by atoms with Gasteiger partial charge < -0.3 is 10.1 Å². The zero-order valence-electron chi connectivity index (χ0n) is 10.8. The van der Waals surface area contributed by atoms with Crippen molar-refractivity contribution in [2.75, 3.05) is 12.4 Å². The average molecular weight is 324 g/mol. The van der Waals surface area contributed by atoms with E-state index in [1.165, 1.54) is 13.2 Å². The second-order valence-electron chi connectivity index (χ2n) is 4.27. The Bertz CT molecular complexity index is 557. The van der Waals surface area contributed by atoms with Gasteiger partial charge in [0.05, 0.1) is 7.11 Å². The summed E-state index contributed by atoms with van der Waals surface area (Å²) in [5.74, 6) is -0.114. The van der Waals surface area contributed by atoms with E-state index in [9.17, 15) is 4.39 Å². The van der Waals surface area contributed by atoms with Gasteiger partial charge in [0.15, 0.2) is 11.6 Å². The molecule has 0 fully saturated rings. The Morgan fingerprint density at radius 2 is 1.84 bits per heavy atom. The molecule has 0 amide bonds. The molecule has 0 bridgehead atoms. The lowest BCUT2D eigenvalue weighted by Gasteiger charge is -2.16. The van der Waals surface area contributed by atoms with Crippen LogP contribution in [0.25, 0.3) is 0 Å². The van der Waals surface area contributed by atoms with Crippen molar-refractivity contribution in [3.05, 3.63) is 58.3 Å². The van der Waals surface area contributed by atoms with Crippen molar-refractivity contribution < 1.29 is 9.13 Å². The van der Waals surface area contributed by atoms with Crippen molar-refractivity contribution in [3.63, 3.8) is 0 Å². The van der Waals surface area contributed by atoms with Crippen molar-refractivity contribution in [1.82, 2.24) is 0 Å². The number of halogens is 2. The first-order chi connectivity index (χ1) is 9.10. The van der Waals surface area contributed by atoms with Crippen molar-refractivity contribution in [1.29, 1.82) is 0 Å². The van der Waals surface area contributed by atoms with Crippen LogP contribution in [0.3, 0.4) is 0 Å². The molecule has 2 nitrogen and oxygen atoms in total. The van der Waals surface area contributed by atoms with Gasteiger partial charge in [0.25, 0.3) is 0 Å². The highest BCUT2D eigenvalue weighted by Crippen LogP contribution is 2.25. The molecule has 2 aromatic carbocycles. The number of benzene rings is 2. The molecule has 100 valence electrons. The van der Waals surface area contributed by atoms with Gasteiger partial charge in [-0.1, -0.05) is 28.1 Å². The van der Waals surface area contributed by atoms with E-state index in [4.69, 9.17) is 4.74 Å². The Labute approximate surface area is 120 Å². The molecule has 0 saturated heterocycles. The lowest BCUT2D eigenvalue weighted by molar-refractivity contribution is 0.387. The van der Waals surface area contributed by atoms with E-state index in [-0.39, 0.29) is 17.6 Å². The summed E-state index contributed by atoms with van der Waals surface area (Å²) in [7, 11) is 1.46. The van der Waals surface area contributed by atoms with Gasteiger partial charge in [-0.25, -0.2) is 4.39 Å². The minimum absolute atomic E-state index is 0.128. The van der Waals surface area contributed by atoms with Crippen LogP contribution >= 0.6 is 15.9 Å². The van der Waals surface area contributed by atoms with Crippen LogP contribution in [0.1, 0.15) is 18.5 Å². The van der Waals surface area contributed by atoms with Gasteiger partial charge in [-0.15, -0.1) is 0 Å². The molecule has 1 atom stereocenters. The maximum atomic E-state index is 13.3. The standard InChI is InChI=1S/C15H15BrFNO/c1-10(11-3-5-12(16)6-4-11)18-13-7-8-14(17)15(9-13)19-2/h3-10,18H,1-2H3. The summed E-state index contributed by atoms with van der Waals surface area (Å²) in [6, 6.07) is 13.0. The summed E-state index contributed by atoms with van der Waals surface area (Å²) in [4.78, 5) is 0. The van der Waals surface area contributed by atoms with E-state index in [2.05, 4.69) is 28.2 Å². The van der Waals surface area contributed by atoms with Crippen molar-refractivity contribution in [2.24, 2.45) is 0 Å². The molecule has 0 radical (unpaired) electrons. The predicted molar refractivity (Wildman–Crippen MR) is 79.1 cm³/mol. The number of rotatable bonds is 4. The maximum absolute atomic E-state index is 13.3. The van der Waals surface area contributed by atoms with Gasteiger partial charge in [-0.05, 0) is 36.8 Å². The SMILES string of the molecule is COc1cc(NC(C)c2ccc(Br)cc2)ccc1F. The van der Waals surface area contributed by atoms with Gasteiger partial charge in [0.1, 0.15) is 0 Å². The Morgan fingerprint density at radius 1 is 1.16 bits per heavy atom. The minimum Gasteiger partial charge on any atom is -0.494 e. The minimum atomic E-state index is -0.357. The number of methoxy groups -OCH3 is 1. The Hall–Kier alpha value is -1.55. The third kappa shape index (κ3) is 3.47. The first-order valence-corrected chi connectivity index (χ1v) is 6.75. The second kappa shape index (κ2) is 6.06. The van der Waals surface area contributed by atoms with Crippen LogP contribution in [-0.2, 0) is 0 Å². The van der Waals surface area contributed by atoms with Gasteiger partial charge >= 0.3 is 0 Å². The highest BCUT2D eigenvalue weighted by molar-refractivity contribution is 9.10. The van der Waals surface area contributed by atoms with Gasteiger partial charge in [0.2, 0.25) is 0 Å². The van der Waals surface area contributed by atoms with Gasteiger partial charge in [-0.2, -0.15) is 0 Å². The normalized spacial score (nSPS) is 12.0. The van der Waals surface area contributed by atoms with Crippen molar-refractivity contribution in [2.45, 2.75) is 13.0 Å². The molecule has 0 saturated carbocycles. The molecule has 4 heteroatoms. The molecule has 0 aliphatic carbocycles. The first-order valence-electron chi connectivity index (χ1n) is 5.95. The molecular weight excluding hydrogens is 309 g/mol. The number of hydrogen-bond donors (Lipinski definition) is 1. The monoisotopic (exact) mass is 323 g/mol. The Balaban J connectivity index is 2.14. The summed E-state index contributed by atoms with van der Waals surface area (Å²) >= 11 is 3.41. The lowest BCUT2D eigenvalue weighted by Crippen LogP contribution is -2.06. The highest BCUT2D eigenvalue weighted by Gasteiger charge is 2.08. The third-order valence-corrected chi connectivity index (χ3v) is 3.43. The fraction of sp³-hybridized carbons (Fsp3) is 0.200. The van der Waals surface area contributed by atoms with Crippen molar-refractivity contribution in [3.8, 4) is 5.75 Å². The number of nitrogens with one attached hydrogen (secondary N) is 1. The fourth-order valence-corrected chi connectivity index (χ4v) is 2.10. The molecule has 1 N–H and O–H groups in total. The predicted octanol–water partition coefficient (Wildman–Crippen LogP) is 4.77. The number of hydrogen-bond acceptors (Lipinski definition) is 2. The fourth-order valence-electron chi connectivity index (χ4n) is 1.83. The van der Waals surface area contributed by atoms with E-state index in [0.717, 1.165) is 15.7 Å². The smallest absolute Gasteiger partial charge is 0.165 e. The van der Waals surface area contributed by atoms with E-state index >= 15 is 0 Å². The summed E-state index contributed by atoms with van der Waals surface area (Å²) < 4.78 is 19.3. The molecule has 2 aromatic rings. The largest absolute Gasteiger partial charge is 0.494 e. The average Bonchev–Trinajstić information content (AvgIpc) is 2.41. The van der Waals surface area contributed by atoms with Crippen LogP contribution in [0.5, 0.6) is 5.75 Å². The van der Waals surface area contributed by atoms with Crippen LogP contribution in [-0.4, -0.2) is 7.11 Å². The summed E-state index contributed by atoms with van der Waals surface area (Å²) in [5, 5.41) is 3.32.